The average molecular weight is 370 g/mol. The Labute approximate surface area is 153 Å². The number of hydrogen-bond acceptors (Lipinski definition) is 5. The van der Waals surface area contributed by atoms with Crippen molar-refractivity contribution in [2.75, 3.05) is 0 Å². The normalized spacial score (nSPS) is 10.8. The largest absolute Gasteiger partial charge is 0.455 e. The molecule has 130 valence electrons. The summed E-state index contributed by atoms with van der Waals surface area (Å²) in [6.45, 7) is 0. The lowest BCUT2D eigenvalue weighted by molar-refractivity contribution is -0.384. The summed E-state index contributed by atoms with van der Waals surface area (Å²) in [5, 5.41) is 15.1. The molecule has 2 aromatic carbocycles. The smallest absolute Gasteiger partial charge is 0.271 e. The number of nitrogens with one attached hydrogen (secondary N) is 1. The van der Waals surface area contributed by atoms with Crippen LogP contribution in [-0.2, 0) is 0 Å². The molecule has 0 spiro atoms. The van der Waals surface area contributed by atoms with Gasteiger partial charge in [0, 0.05) is 28.3 Å². The van der Waals surface area contributed by atoms with E-state index in [1.165, 1.54) is 30.5 Å². The Balaban J connectivity index is 1.67. The number of non-ortho nitro benzene ring substituents is 1. The van der Waals surface area contributed by atoms with Crippen LogP contribution in [0, 0.1) is 10.1 Å². The molecule has 0 saturated heterocycles. The Kier molecular flexibility index (Phi) is 5.09. The first kappa shape index (κ1) is 17.4. The molecule has 3 aromatic rings. The quantitative estimate of drug-likeness (QED) is 0.412. The van der Waals surface area contributed by atoms with Crippen LogP contribution in [0.1, 0.15) is 16.1 Å². The lowest BCUT2D eigenvalue weighted by atomic mass is 10.2. The number of carbonyl (C=O) groups excluding carboxylic acids is 1. The second kappa shape index (κ2) is 7.62. The van der Waals surface area contributed by atoms with Crippen molar-refractivity contribution < 1.29 is 14.1 Å². The van der Waals surface area contributed by atoms with Crippen molar-refractivity contribution in [1.82, 2.24) is 5.43 Å². The summed E-state index contributed by atoms with van der Waals surface area (Å²) in [7, 11) is 0. The fourth-order valence-electron chi connectivity index (χ4n) is 2.20. The van der Waals surface area contributed by atoms with Gasteiger partial charge in [0.15, 0.2) is 0 Å². The summed E-state index contributed by atoms with van der Waals surface area (Å²) >= 11 is 5.95. The van der Waals surface area contributed by atoms with E-state index in [0.29, 0.717) is 16.5 Å². The second-order valence-corrected chi connectivity index (χ2v) is 5.66. The van der Waals surface area contributed by atoms with Crippen molar-refractivity contribution in [2.45, 2.75) is 0 Å². The Hall–Kier alpha value is -3.45. The lowest BCUT2D eigenvalue weighted by Gasteiger charge is -1.99. The molecule has 0 radical (unpaired) electrons. The van der Waals surface area contributed by atoms with Gasteiger partial charge in [-0.3, -0.25) is 14.9 Å². The number of hydrazone groups is 1. The van der Waals surface area contributed by atoms with Gasteiger partial charge in [-0.15, -0.1) is 0 Å². The highest BCUT2D eigenvalue weighted by atomic mass is 35.5. The van der Waals surface area contributed by atoms with Gasteiger partial charge in [-0.2, -0.15) is 5.10 Å². The molecule has 0 aliphatic rings. The number of halogens is 1. The van der Waals surface area contributed by atoms with E-state index in [2.05, 4.69) is 10.5 Å². The minimum absolute atomic E-state index is 0.135. The summed E-state index contributed by atoms with van der Waals surface area (Å²) in [6, 6.07) is 16.0. The maximum absolute atomic E-state index is 12.0. The molecule has 0 aliphatic heterocycles. The van der Waals surface area contributed by atoms with Crippen molar-refractivity contribution >= 4 is 29.4 Å². The fraction of sp³-hybridized carbons (Fsp3) is 0. The first-order valence-electron chi connectivity index (χ1n) is 7.46. The molecule has 7 nitrogen and oxygen atoms in total. The van der Waals surface area contributed by atoms with E-state index >= 15 is 0 Å². The molecule has 0 atom stereocenters. The van der Waals surface area contributed by atoms with Crippen LogP contribution in [-0.4, -0.2) is 17.0 Å². The third-order valence-corrected chi connectivity index (χ3v) is 3.65. The summed E-state index contributed by atoms with van der Waals surface area (Å²) in [5.41, 5.74) is 3.08. The highest BCUT2D eigenvalue weighted by Crippen LogP contribution is 2.24. The average Bonchev–Trinajstić information content (AvgIpc) is 3.10. The fourth-order valence-corrected chi connectivity index (χ4v) is 2.39. The second-order valence-electron chi connectivity index (χ2n) is 5.22. The number of nitro groups is 1. The minimum atomic E-state index is -0.569. The van der Waals surface area contributed by atoms with Gasteiger partial charge in [-0.05, 0) is 30.3 Å². The monoisotopic (exact) mass is 369 g/mol. The third kappa shape index (κ3) is 4.14. The molecular weight excluding hydrogens is 358 g/mol. The zero-order chi connectivity index (χ0) is 18.5. The van der Waals surface area contributed by atoms with E-state index < -0.39 is 10.8 Å². The zero-order valence-corrected chi connectivity index (χ0v) is 14.0. The summed E-state index contributed by atoms with van der Waals surface area (Å²) in [4.78, 5) is 22.2. The van der Waals surface area contributed by atoms with Gasteiger partial charge in [0.25, 0.3) is 11.6 Å². The Bertz CT molecular complexity index is 997. The number of carbonyl (C=O) groups is 1. The summed E-state index contributed by atoms with van der Waals surface area (Å²) < 4.78 is 5.61. The van der Waals surface area contributed by atoms with Gasteiger partial charge < -0.3 is 4.42 Å². The maximum Gasteiger partial charge on any atom is 0.271 e. The van der Waals surface area contributed by atoms with Gasteiger partial charge in [0.2, 0.25) is 0 Å². The topological polar surface area (TPSA) is 97.7 Å². The molecule has 3 rings (SSSR count). The Morgan fingerprint density at radius 1 is 1.15 bits per heavy atom. The van der Waals surface area contributed by atoms with Crippen molar-refractivity contribution in [3.8, 4) is 11.3 Å². The molecule has 0 aliphatic carbocycles. The molecule has 0 fully saturated rings. The number of hydrogen-bond donors (Lipinski definition) is 1. The molecule has 26 heavy (non-hydrogen) atoms. The lowest BCUT2D eigenvalue weighted by Crippen LogP contribution is -2.17. The molecule has 0 bridgehead atoms. The van der Waals surface area contributed by atoms with E-state index in [1.54, 1.807) is 24.3 Å². The van der Waals surface area contributed by atoms with Crippen LogP contribution in [0.4, 0.5) is 5.69 Å². The third-order valence-electron chi connectivity index (χ3n) is 3.41. The van der Waals surface area contributed by atoms with Crippen molar-refractivity contribution in [3.63, 3.8) is 0 Å². The van der Waals surface area contributed by atoms with E-state index in [0.717, 1.165) is 5.56 Å². The van der Waals surface area contributed by atoms with Crippen LogP contribution in [0.25, 0.3) is 11.3 Å². The number of furan rings is 1. The molecule has 1 heterocycles. The van der Waals surface area contributed by atoms with Gasteiger partial charge >= 0.3 is 0 Å². The molecule has 0 saturated carbocycles. The van der Waals surface area contributed by atoms with Crippen molar-refractivity contribution in [3.05, 3.63) is 87.1 Å². The minimum Gasteiger partial charge on any atom is -0.455 e. The van der Waals surface area contributed by atoms with Crippen LogP contribution < -0.4 is 5.43 Å². The van der Waals surface area contributed by atoms with E-state index in [-0.39, 0.29) is 11.3 Å². The maximum atomic E-state index is 12.0. The van der Waals surface area contributed by atoms with Gasteiger partial charge in [-0.1, -0.05) is 29.8 Å². The van der Waals surface area contributed by atoms with Gasteiger partial charge in [0.05, 0.1) is 11.1 Å². The van der Waals surface area contributed by atoms with Crippen LogP contribution in [0.15, 0.2) is 70.2 Å². The van der Waals surface area contributed by atoms with Crippen molar-refractivity contribution in [2.24, 2.45) is 5.10 Å². The van der Waals surface area contributed by atoms with Crippen molar-refractivity contribution in [1.29, 1.82) is 0 Å². The first-order chi connectivity index (χ1) is 12.5. The highest BCUT2D eigenvalue weighted by Gasteiger charge is 2.10. The molecule has 1 aromatic heterocycles. The number of nitro benzene ring substituents is 1. The number of rotatable bonds is 5. The predicted molar refractivity (Wildman–Crippen MR) is 97.3 cm³/mol. The van der Waals surface area contributed by atoms with Crippen LogP contribution in [0.3, 0.4) is 0 Å². The predicted octanol–water partition coefficient (Wildman–Crippen LogP) is 4.27. The van der Waals surface area contributed by atoms with Gasteiger partial charge in [-0.25, -0.2) is 5.43 Å². The van der Waals surface area contributed by atoms with E-state index in [1.807, 2.05) is 12.1 Å². The molecular formula is C18H12ClN3O4. The van der Waals surface area contributed by atoms with Gasteiger partial charge in [0.1, 0.15) is 11.5 Å². The van der Waals surface area contributed by atoms with E-state index in [9.17, 15) is 14.9 Å². The van der Waals surface area contributed by atoms with Crippen LogP contribution >= 0.6 is 11.6 Å². The number of benzene rings is 2. The summed E-state index contributed by atoms with van der Waals surface area (Å²) in [6.07, 6.45) is 1.34. The van der Waals surface area contributed by atoms with Crippen LogP contribution in [0.2, 0.25) is 5.02 Å². The molecule has 0 unspecified atom stereocenters. The highest BCUT2D eigenvalue weighted by molar-refractivity contribution is 6.30. The van der Waals surface area contributed by atoms with Crippen LogP contribution in [0.5, 0.6) is 0 Å². The SMILES string of the molecule is O=C(NN=Cc1ccc(-c2cccc(Cl)c2)o1)c1cccc([N+](=O)[O-])c1. The van der Waals surface area contributed by atoms with E-state index in [4.69, 9.17) is 16.0 Å². The molecule has 8 heteroatoms. The molecule has 1 amide bonds. The zero-order valence-electron chi connectivity index (χ0n) is 13.3. The summed E-state index contributed by atoms with van der Waals surface area (Å²) in [5.74, 6) is 0.477. The number of nitrogens with zero attached hydrogens (tertiary/aromatic N) is 2. The molecule has 1 N–H and O–H groups in total. The first-order valence-corrected chi connectivity index (χ1v) is 7.84. The number of amides is 1. The standard InChI is InChI=1S/C18H12ClN3O4/c19-14-5-1-3-12(9-14)17-8-7-16(26-17)11-20-21-18(23)13-4-2-6-15(10-13)22(24)25/h1-11H,(H,21,23). The Morgan fingerprint density at radius 2 is 1.96 bits per heavy atom. The Morgan fingerprint density at radius 3 is 2.73 bits per heavy atom.